The molecule has 1 unspecified atom stereocenters. The Labute approximate surface area is 188 Å². The predicted octanol–water partition coefficient (Wildman–Crippen LogP) is 1.74. The third kappa shape index (κ3) is 5.17. The molecule has 1 aromatic carbocycles. The van der Waals surface area contributed by atoms with Gasteiger partial charge in [-0.3, -0.25) is 19.3 Å². The van der Waals surface area contributed by atoms with Gasteiger partial charge in [-0.05, 0) is 24.3 Å². The zero-order chi connectivity index (χ0) is 23.3. The molecule has 1 aliphatic rings. The maximum Gasteiger partial charge on any atom is 0.341 e. The Morgan fingerprint density at radius 2 is 2.00 bits per heavy atom. The van der Waals surface area contributed by atoms with E-state index in [0.717, 1.165) is 16.7 Å². The van der Waals surface area contributed by atoms with Gasteiger partial charge in [-0.2, -0.15) is 0 Å². The number of imide groups is 1. The molecule has 1 saturated heterocycles. The number of carbonyl (C=O) groups excluding carboxylic acids is 4. The summed E-state index contributed by atoms with van der Waals surface area (Å²) < 4.78 is 15.5. The zero-order valence-electron chi connectivity index (χ0n) is 17.6. The predicted molar refractivity (Wildman–Crippen MR) is 115 cm³/mol. The van der Waals surface area contributed by atoms with Crippen LogP contribution in [0.4, 0.5) is 5.69 Å². The average Bonchev–Trinajstić information content (AvgIpc) is 3.04. The molecule has 1 atom stereocenters. The topological polar surface area (TPSA) is 124 Å². The number of hydrogen-bond acceptors (Lipinski definition) is 9. The van der Waals surface area contributed by atoms with Crippen LogP contribution in [0.25, 0.3) is 0 Å². The van der Waals surface area contributed by atoms with Crippen LogP contribution in [0, 0.1) is 0 Å². The maximum absolute atomic E-state index is 12.6. The SMILES string of the molecule is COc1ccc(OC)c(NC(=O)COC(=O)c2cccnc2SC2CC(=O)N(C)C2=O)c1. The third-order valence-corrected chi connectivity index (χ3v) is 5.80. The first-order chi connectivity index (χ1) is 15.3. The molecule has 2 heterocycles. The van der Waals surface area contributed by atoms with Gasteiger partial charge in [-0.1, -0.05) is 11.8 Å². The smallest absolute Gasteiger partial charge is 0.341 e. The van der Waals surface area contributed by atoms with E-state index in [1.165, 1.54) is 39.6 Å². The number of methoxy groups -OCH3 is 2. The van der Waals surface area contributed by atoms with Crippen molar-refractivity contribution in [3.05, 3.63) is 42.1 Å². The molecule has 11 heteroatoms. The third-order valence-electron chi connectivity index (χ3n) is 4.60. The van der Waals surface area contributed by atoms with Crippen LogP contribution < -0.4 is 14.8 Å². The molecule has 0 spiro atoms. The number of hydrogen-bond donors (Lipinski definition) is 1. The monoisotopic (exact) mass is 459 g/mol. The van der Waals surface area contributed by atoms with Crippen molar-refractivity contribution in [3.8, 4) is 11.5 Å². The average molecular weight is 459 g/mol. The molecule has 1 fully saturated rings. The number of pyridine rings is 1. The summed E-state index contributed by atoms with van der Waals surface area (Å²) in [6, 6.07) is 7.90. The normalized spacial score (nSPS) is 15.5. The molecule has 0 bridgehead atoms. The summed E-state index contributed by atoms with van der Waals surface area (Å²) in [7, 11) is 4.36. The number of amides is 3. The lowest BCUT2D eigenvalue weighted by molar-refractivity contribution is -0.136. The van der Waals surface area contributed by atoms with Crippen molar-refractivity contribution >= 4 is 41.1 Å². The number of carbonyl (C=O) groups is 4. The number of nitrogens with one attached hydrogen (secondary N) is 1. The van der Waals surface area contributed by atoms with Crippen LogP contribution in [0.5, 0.6) is 11.5 Å². The molecule has 168 valence electrons. The minimum atomic E-state index is -0.779. The number of benzene rings is 1. The number of likely N-dealkylation sites (tertiary alicyclic amines) is 1. The van der Waals surface area contributed by atoms with Crippen molar-refractivity contribution in [3.63, 3.8) is 0 Å². The highest BCUT2D eigenvalue weighted by atomic mass is 32.2. The van der Waals surface area contributed by atoms with Crippen molar-refractivity contribution in [2.75, 3.05) is 33.2 Å². The fraction of sp³-hybridized carbons (Fsp3) is 0.286. The van der Waals surface area contributed by atoms with Crippen LogP contribution in [0.2, 0.25) is 0 Å². The Balaban J connectivity index is 1.64. The summed E-state index contributed by atoms with van der Waals surface area (Å²) in [6.45, 7) is -0.554. The van der Waals surface area contributed by atoms with Crippen molar-refractivity contribution in [1.82, 2.24) is 9.88 Å². The van der Waals surface area contributed by atoms with Crippen molar-refractivity contribution in [1.29, 1.82) is 0 Å². The summed E-state index contributed by atoms with van der Waals surface area (Å²) >= 11 is 1.01. The maximum atomic E-state index is 12.6. The van der Waals surface area contributed by atoms with E-state index in [9.17, 15) is 19.2 Å². The molecule has 0 radical (unpaired) electrons. The Morgan fingerprint density at radius 3 is 2.66 bits per heavy atom. The zero-order valence-corrected chi connectivity index (χ0v) is 18.4. The first-order valence-corrected chi connectivity index (χ1v) is 10.3. The molecule has 2 aromatic rings. The number of ether oxygens (including phenoxy) is 3. The van der Waals surface area contributed by atoms with Crippen LogP contribution in [-0.4, -0.2) is 66.7 Å². The van der Waals surface area contributed by atoms with E-state index in [2.05, 4.69) is 10.3 Å². The summed E-state index contributed by atoms with van der Waals surface area (Å²) in [5.41, 5.74) is 0.457. The van der Waals surface area contributed by atoms with Gasteiger partial charge in [0.25, 0.3) is 5.91 Å². The van der Waals surface area contributed by atoms with Gasteiger partial charge in [-0.15, -0.1) is 0 Å². The molecule has 32 heavy (non-hydrogen) atoms. The number of thioether (sulfide) groups is 1. The Morgan fingerprint density at radius 1 is 1.22 bits per heavy atom. The van der Waals surface area contributed by atoms with Gasteiger partial charge in [0.15, 0.2) is 6.61 Å². The first-order valence-electron chi connectivity index (χ1n) is 9.45. The Bertz CT molecular complexity index is 1060. The van der Waals surface area contributed by atoms with Crippen LogP contribution >= 0.6 is 11.8 Å². The molecule has 0 saturated carbocycles. The number of aromatic nitrogens is 1. The highest BCUT2D eigenvalue weighted by molar-refractivity contribution is 8.00. The molecule has 0 aliphatic carbocycles. The van der Waals surface area contributed by atoms with E-state index in [4.69, 9.17) is 14.2 Å². The molecule has 3 rings (SSSR count). The van der Waals surface area contributed by atoms with Crippen molar-refractivity contribution in [2.45, 2.75) is 16.7 Å². The quantitative estimate of drug-likeness (QED) is 0.464. The fourth-order valence-corrected chi connectivity index (χ4v) is 4.05. The van der Waals surface area contributed by atoms with Gasteiger partial charge in [0.05, 0.1) is 30.7 Å². The highest BCUT2D eigenvalue weighted by Crippen LogP contribution is 2.32. The van der Waals surface area contributed by atoms with E-state index >= 15 is 0 Å². The second-order valence-corrected chi connectivity index (χ2v) is 7.84. The molecule has 1 N–H and O–H groups in total. The molecule has 3 amide bonds. The summed E-state index contributed by atoms with van der Waals surface area (Å²) in [5, 5.41) is 2.18. The second kappa shape index (κ2) is 10.1. The van der Waals surface area contributed by atoms with Gasteiger partial charge >= 0.3 is 5.97 Å². The van der Waals surface area contributed by atoms with Gasteiger partial charge in [0.2, 0.25) is 11.8 Å². The van der Waals surface area contributed by atoms with E-state index in [-0.39, 0.29) is 28.8 Å². The van der Waals surface area contributed by atoms with E-state index < -0.39 is 23.7 Å². The highest BCUT2D eigenvalue weighted by Gasteiger charge is 2.37. The number of esters is 1. The summed E-state index contributed by atoms with van der Waals surface area (Å²) in [6.07, 6.45) is 1.49. The van der Waals surface area contributed by atoms with Gasteiger partial charge in [0, 0.05) is 25.7 Å². The Hall–Kier alpha value is -3.60. The fourth-order valence-electron chi connectivity index (χ4n) is 2.90. The Kier molecular flexibility index (Phi) is 7.31. The van der Waals surface area contributed by atoms with Crippen molar-refractivity contribution in [2.24, 2.45) is 0 Å². The lowest BCUT2D eigenvalue weighted by Gasteiger charge is -2.13. The molecular weight excluding hydrogens is 438 g/mol. The molecular formula is C21H21N3O7S. The van der Waals surface area contributed by atoms with Crippen LogP contribution in [0.1, 0.15) is 16.8 Å². The number of anilines is 1. The standard InChI is InChI=1S/C21H21N3O7S/c1-24-18(26)10-16(20(24)27)32-19-13(5-4-8-22-19)21(28)31-11-17(25)23-14-9-12(29-2)6-7-15(14)30-3/h4-9,16H,10-11H2,1-3H3,(H,23,25). The molecule has 1 aliphatic heterocycles. The molecule has 10 nitrogen and oxygen atoms in total. The first kappa shape index (κ1) is 23.1. The number of nitrogens with zero attached hydrogens (tertiary/aromatic N) is 2. The summed E-state index contributed by atoms with van der Waals surface area (Å²) in [4.78, 5) is 53.9. The van der Waals surface area contributed by atoms with E-state index in [0.29, 0.717) is 17.2 Å². The van der Waals surface area contributed by atoms with E-state index in [1.54, 1.807) is 18.2 Å². The second-order valence-electron chi connectivity index (χ2n) is 6.65. The van der Waals surface area contributed by atoms with Crippen LogP contribution in [0.15, 0.2) is 41.6 Å². The largest absolute Gasteiger partial charge is 0.497 e. The van der Waals surface area contributed by atoms with Crippen molar-refractivity contribution < 1.29 is 33.4 Å². The lowest BCUT2D eigenvalue weighted by Crippen LogP contribution is -2.26. The van der Waals surface area contributed by atoms with Crippen LogP contribution in [0.3, 0.4) is 0 Å². The lowest BCUT2D eigenvalue weighted by atomic mass is 10.2. The van der Waals surface area contributed by atoms with Gasteiger partial charge in [-0.25, -0.2) is 9.78 Å². The number of rotatable bonds is 8. The summed E-state index contributed by atoms with van der Waals surface area (Å²) in [5.74, 6) is -1.08. The van der Waals surface area contributed by atoms with Crippen LogP contribution in [-0.2, 0) is 19.1 Å². The van der Waals surface area contributed by atoms with E-state index in [1.807, 2.05) is 0 Å². The minimum Gasteiger partial charge on any atom is -0.497 e. The minimum absolute atomic E-state index is 0.0236. The van der Waals surface area contributed by atoms with Gasteiger partial charge in [0.1, 0.15) is 16.5 Å². The van der Waals surface area contributed by atoms with Gasteiger partial charge < -0.3 is 19.5 Å². The molecule has 1 aromatic heterocycles.